The molecule has 0 aliphatic carbocycles. The number of anilines is 1. The van der Waals surface area contributed by atoms with Gasteiger partial charge in [-0.05, 0) is 38.5 Å². The highest BCUT2D eigenvalue weighted by Gasteiger charge is 2.36. The first kappa shape index (κ1) is 10.5. The number of amides is 1. The molecule has 3 nitrogen and oxygen atoms in total. The van der Waals surface area contributed by atoms with E-state index in [1.54, 1.807) is 13.8 Å². The molecule has 2 rings (SSSR count). The fourth-order valence-corrected chi connectivity index (χ4v) is 1.82. The number of carbonyl (C=O) groups excluding carboxylic acids is 1. The maximum absolute atomic E-state index is 11.7. The molecule has 0 bridgehead atoms. The van der Waals surface area contributed by atoms with Crippen molar-refractivity contribution in [2.75, 3.05) is 5.32 Å². The fraction of sp³-hybridized carbons (Fsp3) is 0.364. The van der Waals surface area contributed by atoms with Gasteiger partial charge in [-0.3, -0.25) is 4.79 Å². The molecule has 0 fully saturated rings. The van der Waals surface area contributed by atoms with Gasteiger partial charge in [0.25, 0.3) is 5.91 Å². The van der Waals surface area contributed by atoms with Crippen molar-refractivity contribution < 1.29 is 9.53 Å². The molecule has 0 saturated carbocycles. The minimum atomic E-state index is -0.798. The van der Waals surface area contributed by atoms with Crippen molar-refractivity contribution in [1.82, 2.24) is 0 Å². The van der Waals surface area contributed by atoms with E-state index in [4.69, 9.17) is 4.74 Å². The molecule has 0 saturated heterocycles. The van der Waals surface area contributed by atoms with E-state index in [-0.39, 0.29) is 5.91 Å². The number of carbonyl (C=O) groups is 1. The van der Waals surface area contributed by atoms with Crippen LogP contribution in [0.25, 0.3) is 0 Å². The Labute approximate surface area is 96.9 Å². The van der Waals surface area contributed by atoms with Gasteiger partial charge >= 0.3 is 0 Å². The average Bonchev–Trinajstić information content (AvgIpc) is 2.15. The molecule has 0 unspecified atom stereocenters. The van der Waals surface area contributed by atoms with Crippen LogP contribution in [0.4, 0.5) is 5.69 Å². The number of hydrogen-bond donors (Lipinski definition) is 1. The van der Waals surface area contributed by atoms with Crippen molar-refractivity contribution in [3.05, 3.63) is 22.2 Å². The van der Waals surface area contributed by atoms with Crippen molar-refractivity contribution in [2.24, 2.45) is 0 Å². The molecule has 0 aromatic heterocycles. The maximum Gasteiger partial charge on any atom is 0.268 e. The van der Waals surface area contributed by atoms with Crippen molar-refractivity contribution in [3.8, 4) is 5.75 Å². The zero-order valence-electron chi connectivity index (χ0n) is 8.85. The normalized spacial score (nSPS) is 17.7. The van der Waals surface area contributed by atoms with E-state index in [1.165, 1.54) is 0 Å². The lowest BCUT2D eigenvalue weighted by atomic mass is 10.0. The van der Waals surface area contributed by atoms with Gasteiger partial charge in [0, 0.05) is 4.47 Å². The summed E-state index contributed by atoms with van der Waals surface area (Å²) in [6.07, 6.45) is 0. The Morgan fingerprint density at radius 1 is 1.40 bits per heavy atom. The Kier molecular flexibility index (Phi) is 2.26. The predicted octanol–water partition coefficient (Wildman–Crippen LogP) is 2.87. The lowest BCUT2D eigenvalue weighted by Gasteiger charge is -2.32. The summed E-state index contributed by atoms with van der Waals surface area (Å²) in [4.78, 5) is 11.7. The van der Waals surface area contributed by atoms with E-state index in [9.17, 15) is 4.79 Å². The molecule has 1 aromatic carbocycles. The molecule has 1 amide bonds. The van der Waals surface area contributed by atoms with Crippen LogP contribution in [-0.4, -0.2) is 11.5 Å². The van der Waals surface area contributed by atoms with Crippen LogP contribution in [-0.2, 0) is 4.79 Å². The van der Waals surface area contributed by atoms with E-state index in [2.05, 4.69) is 21.2 Å². The Balaban J connectivity index is 2.55. The first-order chi connectivity index (χ1) is 6.92. The van der Waals surface area contributed by atoms with Crippen molar-refractivity contribution in [3.63, 3.8) is 0 Å². The molecule has 1 aliphatic rings. The third kappa shape index (κ3) is 1.63. The van der Waals surface area contributed by atoms with E-state index >= 15 is 0 Å². The van der Waals surface area contributed by atoms with E-state index in [1.807, 2.05) is 19.1 Å². The molecular weight excluding hydrogens is 258 g/mol. The zero-order chi connectivity index (χ0) is 11.2. The molecule has 1 aromatic rings. The quantitative estimate of drug-likeness (QED) is 0.787. The highest BCUT2D eigenvalue weighted by Crippen LogP contribution is 2.38. The van der Waals surface area contributed by atoms with Crippen molar-refractivity contribution in [2.45, 2.75) is 26.4 Å². The van der Waals surface area contributed by atoms with E-state index < -0.39 is 5.60 Å². The third-order valence-electron chi connectivity index (χ3n) is 2.51. The van der Waals surface area contributed by atoms with Gasteiger partial charge in [-0.2, -0.15) is 0 Å². The van der Waals surface area contributed by atoms with E-state index in [0.717, 1.165) is 21.5 Å². The summed E-state index contributed by atoms with van der Waals surface area (Å²) in [6.45, 7) is 5.44. The van der Waals surface area contributed by atoms with Gasteiger partial charge < -0.3 is 10.1 Å². The van der Waals surface area contributed by atoms with Crippen LogP contribution < -0.4 is 10.1 Å². The van der Waals surface area contributed by atoms with Crippen LogP contribution >= 0.6 is 15.9 Å². The summed E-state index contributed by atoms with van der Waals surface area (Å²) in [7, 11) is 0. The second-order valence-corrected chi connectivity index (χ2v) is 4.97. The summed E-state index contributed by atoms with van der Waals surface area (Å²) in [5, 5.41) is 2.87. The topological polar surface area (TPSA) is 38.3 Å². The zero-order valence-corrected chi connectivity index (χ0v) is 10.4. The summed E-state index contributed by atoms with van der Waals surface area (Å²) >= 11 is 3.42. The molecule has 0 atom stereocenters. The average molecular weight is 270 g/mol. The largest absolute Gasteiger partial charge is 0.476 e. The highest BCUT2D eigenvalue weighted by molar-refractivity contribution is 9.10. The maximum atomic E-state index is 11.7. The molecule has 4 heteroatoms. The number of ether oxygens (including phenoxy) is 1. The summed E-state index contributed by atoms with van der Waals surface area (Å²) in [5.41, 5.74) is 0.942. The third-order valence-corrected chi connectivity index (χ3v) is 3.37. The molecule has 1 heterocycles. The fourth-order valence-electron chi connectivity index (χ4n) is 1.49. The van der Waals surface area contributed by atoms with Crippen LogP contribution in [0, 0.1) is 6.92 Å². The van der Waals surface area contributed by atoms with Gasteiger partial charge in [0.2, 0.25) is 0 Å². The summed E-state index contributed by atoms with van der Waals surface area (Å²) in [6, 6.07) is 3.77. The molecule has 80 valence electrons. The Morgan fingerprint density at radius 3 is 2.73 bits per heavy atom. The first-order valence-electron chi connectivity index (χ1n) is 4.71. The molecule has 15 heavy (non-hydrogen) atoms. The highest BCUT2D eigenvalue weighted by atomic mass is 79.9. The van der Waals surface area contributed by atoms with Gasteiger partial charge in [0.1, 0.15) is 5.75 Å². The number of benzene rings is 1. The van der Waals surface area contributed by atoms with Crippen LogP contribution in [0.1, 0.15) is 19.4 Å². The summed E-state index contributed by atoms with van der Waals surface area (Å²) < 4.78 is 6.60. The molecule has 0 radical (unpaired) electrons. The van der Waals surface area contributed by atoms with Crippen LogP contribution in [0.5, 0.6) is 5.75 Å². The van der Waals surface area contributed by atoms with Gasteiger partial charge in [0.15, 0.2) is 5.60 Å². The standard InChI is InChI=1S/C11H12BrNO2/c1-6-7(12)4-5-8-9(6)13-10(14)11(2,3)15-8/h4-5H,1-3H3,(H,13,14). The van der Waals surface area contributed by atoms with E-state index in [0.29, 0.717) is 0 Å². The van der Waals surface area contributed by atoms with Crippen LogP contribution in [0.2, 0.25) is 0 Å². The van der Waals surface area contributed by atoms with Crippen molar-refractivity contribution in [1.29, 1.82) is 0 Å². The molecule has 0 spiro atoms. The second kappa shape index (κ2) is 3.23. The lowest BCUT2D eigenvalue weighted by molar-refractivity contribution is -0.129. The summed E-state index contributed by atoms with van der Waals surface area (Å²) in [5.74, 6) is 0.608. The van der Waals surface area contributed by atoms with Crippen LogP contribution in [0.15, 0.2) is 16.6 Å². The molecular formula is C11H12BrNO2. The van der Waals surface area contributed by atoms with Crippen molar-refractivity contribution >= 4 is 27.5 Å². The van der Waals surface area contributed by atoms with Gasteiger partial charge in [0.05, 0.1) is 5.69 Å². The lowest BCUT2D eigenvalue weighted by Crippen LogP contribution is -2.45. The number of rotatable bonds is 0. The molecule has 1 aliphatic heterocycles. The monoisotopic (exact) mass is 269 g/mol. The van der Waals surface area contributed by atoms with Gasteiger partial charge in [-0.25, -0.2) is 0 Å². The number of nitrogens with one attached hydrogen (secondary N) is 1. The first-order valence-corrected chi connectivity index (χ1v) is 5.51. The number of hydrogen-bond acceptors (Lipinski definition) is 2. The minimum absolute atomic E-state index is 0.115. The number of fused-ring (bicyclic) bond motifs is 1. The number of halogens is 1. The Hall–Kier alpha value is -1.03. The van der Waals surface area contributed by atoms with Gasteiger partial charge in [-0.1, -0.05) is 15.9 Å². The van der Waals surface area contributed by atoms with Crippen LogP contribution in [0.3, 0.4) is 0 Å². The minimum Gasteiger partial charge on any atom is -0.476 e. The predicted molar refractivity (Wildman–Crippen MR) is 62.2 cm³/mol. The SMILES string of the molecule is Cc1c(Br)ccc2c1NC(=O)C(C)(C)O2. The smallest absolute Gasteiger partial charge is 0.268 e. The Morgan fingerprint density at radius 2 is 2.07 bits per heavy atom. The van der Waals surface area contributed by atoms with Gasteiger partial charge in [-0.15, -0.1) is 0 Å². The second-order valence-electron chi connectivity index (χ2n) is 4.11. The molecule has 1 N–H and O–H groups in total. The Bertz CT molecular complexity index is 440.